The fourth-order valence-corrected chi connectivity index (χ4v) is 2.81. The molecular weight excluding hydrogens is 246 g/mol. The van der Waals surface area contributed by atoms with Gasteiger partial charge in [-0.2, -0.15) is 0 Å². The zero-order chi connectivity index (χ0) is 13.3. The molecular formula is C12H17N5S. The normalized spacial score (nSPS) is 10.9. The molecule has 2 rings (SSSR count). The van der Waals surface area contributed by atoms with Crippen LogP contribution in [0.25, 0.3) is 0 Å². The molecule has 0 saturated heterocycles. The third kappa shape index (κ3) is 2.39. The monoisotopic (exact) mass is 263 g/mol. The molecule has 0 radical (unpaired) electrons. The Balaban J connectivity index is 2.42. The summed E-state index contributed by atoms with van der Waals surface area (Å²) >= 11 is 1.51. The number of nitrogens with two attached hydrogens (primary N) is 1. The maximum absolute atomic E-state index is 5.80. The SMILES string of the molecule is Cc1cc(C)c(CN)c(Sc2nnc(C)n2C)n1. The molecule has 0 unspecified atom stereocenters. The van der Waals surface area contributed by atoms with E-state index in [0.29, 0.717) is 6.54 Å². The molecule has 0 aliphatic carbocycles. The highest BCUT2D eigenvalue weighted by Crippen LogP contribution is 2.29. The zero-order valence-electron chi connectivity index (χ0n) is 11.1. The lowest BCUT2D eigenvalue weighted by Crippen LogP contribution is -2.05. The van der Waals surface area contributed by atoms with Gasteiger partial charge in [-0.1, -0.05) is 0 Å². The van der Waals surface area contributed by atoms with Crippen molar-refractivity contribution in [3.8, 4) is 0 Å². The predicted molar refractivity (Wildman–Crippen MR) is 71.5 cm³/mol. The molecule has 0 aliphatic rings. The average molecular weight is 263 g/mol. The lowest BCUT2D eigenvalue weighted by Gasteiger charge is -2.10. The van der Waals surface area contributed by atoms with Crippen LogP contribution in [0.4, 0.5) is 0 Å². The second-order valence-electron chi connectivity index (χ2n) is 4.26. The molecule has 0 atom stereocenters. The predicted octanol–water partition coefficient (Wildman–Crippen LogP) is 1.75. The Morgan fingerprint density at radius 2 is 2.00 bits per heavy atom. The smallest absolute Gasteiger partial charge is 0.197 e. The van der Waals surface area contributed by atoms with E-state index >= 15 is 0 Å². The topological polar surface area (TPSA) is 69.6 Å². The van der Waals surface area contributed by atoms with Crippen molar-refractivity contribution in [3.63, 3.8) is 0 Å². The van der Waals surface area contributed by atoms with Crippen LogP contribution in [0.3, 0.4) is 0 Å². The molecule has 96 valence electrons. The summed E-state index contributed by atoms with van der Waals surface area (Å²) < 4.78 is 1.95. The molecule has 0 aromatic carbocycles. The van der Waals surface area contributed by atoms with E-state index < -0.39 is 0 Å². The Morgan fingerprint density at radius 3 is 2.56 bits per heavy atom. The van der Waals surface area contributed by atoms with Crippen LogP contribution < -0.4 is 5.73 Å². The number of hydrogen-bond acceptors (Lipinski definition) is 5. The van der Waals surface area contributed by atoms with Crippen LogP contribution in [0.15, 0.2) is 16.2 Å². The van der Waals surface area contributed by atoms with Gasteiger partial charge in [-0.25, -0.2) is 4.98 Å². The van der Waals surface area contributed by atoms with Gasteiger partial charge < -0.3 is 10.3 Å². The summed E-state index contributed by atoms with van der Waals surface area (Å²) in [5, 5.41) is 9.94. The highest BCUT2D eigenvalue weighted by atomic mass is 32.2. The van der Waals surface area contributed by atoms with E-state index in [-0.39, 0.29) is 0 Å². The van der Waals surface area contributed by atoms with Crippen LogP contribution in [0, 0.1) is 20.8 Å². The largest absolute Gasteiger partial charge is 0.326 e. The first-order valence-electron chi connectivity index (χ1n) is 5.74. The summed E-state index contributed by atoms with van der Waals surface area (Å²) in [6.07, 6.45) is 0. The van der Waals surface area contributed by atoms with Crippen molar-refractivity contribution in [1.82, 2.24) is 19.7 Å². The van der Waals surface area contributed by atoms with Crippen LogP contribution in [0.5, 0.6) is 0 Å². The van der Waals surface area contributed by atoms with Crippen molar-refractivity contribution in [2.45, 2.75) is 37.5 Å². The molecule has 2 N–H and O–H groups in total. The number of nitrogens with zero attached hydrogens (tertiary/aromatic N) is 4. The standard InChI is InChI=1S/C12H17N5S/c1-7-5-8(2)14-11(10(7)6-13)18-12-16-15-9(3)17(12)4/h5H,6,13H2,1-4H3. The van der Waals surface area contributed by atoms with Crippen LogP contribution >= 0.6 is 11.8 Å². The van der Waals surface area contributed by atoms with E-state index in [4.69, 9.17) is 5.73 Å². The third-order valence-electron chi connectivity index (χ3n) is 2.88. The van der Waals surface area contributed by atoms with E-state index in [2.05, 4.69) is 22.1 Å². The second-order valence-corrected chi connectivity index (χ2v) is 5.22. The van der Waals surface area contributed by atoms with Crippen molar-refractivity contribution in [2.75, 3.05) is 0 Å². The highest BCUT2D eigenvalue weighted by molar-refractivity contribution is 7.99. The molecule has 0 fully saturated rings. The Kier molecular flexibility index (Phi) is 3.68. The van der Waals surface area contributed by atoms with Gasteiger partial charge in [0.15, 0.2) is 5.16 Å². The lowest BCUT2D eigenvalue weighted by molar-refractivity contribution is 0.763. The summed E-state index contributed by atoms with van der Waals surface area (Å²) in [5.41, 5.74) is 9.04. The minimum absolute atomic E-state index is 0.484. The lowest BCUT2D eigenvalue weighted by atomic mass is 10.1. The van der Waals surface area contributed by atoms with E-state index in [1.807, 2.05) is 31.5 Å². The molecule has 0 bridgehead atoms. The third-order valence-corrected chi connectivity index (χ3v) is 3.95. The van der Waals surface area contributed by atoms with E-state index in [1.54, 1.807) is 0 Å². The first-order valence-corrected chi connectivity index (χ1v) is 6.55. The summed E-state index contributed by atoms with van der Waals surface area (Å²) in [7, 11) is 1.95. The van der Waals surface area contributed by atoms with Gasteiger partial charge in [0.05, 0.1) is 0 Å². The fraction of sp³-hybridized carbons (Fsp3) is 0.417. The first-order chi connectivity index (χ1) is 8.52. The van der Waals surface area contributed by atoms with Gasteiger partial charge in [-0.15, -0.1) is 10.2 Å². The minimum Gasteiger partial charge on any atom is -0.326 e. The van der Waals surface area contributed by atoms with Gasteiger partial charge in [-0.05, 0) is 44.2 Å². The van der Waals surface area contributed by atoms with Gasteiger partial charge in [0.1, 0.15) is 10.9 Å². The highest BCUT2D eigenvalue weighted by Gasteiger charge is 2.13. The Hall–Kier alpha value is -1.40. The number of rotatable bonds is 3. The van der Waals surface area contributed by atoms with E-state index in [9.17, 15) is 0 Å². The van der Waals surface area contributed by atoms with Crippen LogP contribution in [-0.4, -0.2) is 19.7 Å². The van der Waals surface area contributed by atoms with Crippen molar-refractivity contribution < 1.29 is 0 Å². The maximum Gasteiger partial charge on any atom is 0.197 e. The van der Waals surface area contributed by atoms with E-state index in [1.165, 1.54) is 17.3 Å². The van der Waals surface area contributed by atoms with Crippen molar-refractivity contribution in [2.24, 2.45) is 12.8 Å². The molecule has 0 aliphatic heterocycles. The molecule has 2 heterocycles. The molecule has 6 heteroatoms. The average Bonchev–Trinajstić information content (AvgIpc) is 2.60. The van der Waals surface area contributed by atoms with Crippen LogP contribution in [0.1, 0.15) is 22.6 Å². The number of aryl methyl sites for hydroxylation is 3. The summed E-state index contributed by atoms with van der Waals surface area (Å²) in [5.74, 6) is 0.885. The fourth-order valence-electron chi connectivity index (χ4n) is 1.72. The molecule has 0 spiro atoms. The summed E-state index contributed by atoms with van der Waals surface area (Å²) in [6, 6.07) is 2.05. The van der Waals surface area contributed by atoms with Crippen LogP contribution in [-0.2, 0) is 13.6 Å². The second kappa shape index (κ2) is 5.07. The van der Waals surface area contributed by atoms with Crippen molar-refractivity contribution >= 4 is 11.8 Å². The number of aromatic nitrogens is 4. The maximum atomic E-state index is 5.80. The molecule has 18 heavy (non-hydrogen) atoms. The molecule has 0 amide bonds. The molecule has 5 nitrogen and oxygen atoms in total. The summed E-state index contributed by atoms with van der Waals surface area (Å²) in [6.45, 7) is 6.45. The van der Waals surface area contributed by atoms with Crippen molar-refractivity contribution in [1.29, 1.82) is 0 Å². The van der Waals surface area contributed by atoms with Gasteiger partial charge in [-0.3, -0.25) is 0 Å². The number of pyridine rings is 1. The zero-order valence-corrected chi connectivity index (χ0v) is 11.9. The number of hydrogen-bond donors (Lipinski definition) is 1. The molecule has 0 saturated carbocycles. The Labute approximate surface area is 111 Å². The summed E-state index contributed by atoms with van der Waals surface area (Å²) in [4.78, 5) is 4.55. The van der Waals surface area contributed by atoms with Gasteiger partial charge in [0, 0.05) is 24.8 Å². The molecule has 2 aromatic rings. The van der Waals surface area contributed by atoms with Crippen LogP contribution in [0.2, 0.25) is 0 Å². The van der Waals surface area contributed by atoms with Gasteiger partial charge in [0.25, 0.3) is 0 Å². The first kappa shape index (κ1) is 13.0. The van der Waals surface area contributed by atoms with Gasteiger partial charge in [0.2, 0.25) is 0 Å². The van der Waals surface area contributed by atoms with Crippen molar-refractivity contribution in [3.05, 3.63) is 28.7 Å². The Morgan fingerprint density at radius 1 is 1.28 bits per heavy atom. The van der Waals surface area contributed by atoms with Gasteiger partial charge >= 0.3 is 0 Å². The van der Waals surface area contributed by atoms with E-state index in [0.717, 1.165) is 27.3 Å². The molecule has 2 aromatic heterocycles. The Bertz CT molecular complexity index is 576. The quantitative estimate of drug-likeness (QED) is 0.913. The minimum atomic E-state index is 0.484.